The molecule has 1 aliphatic carbocycles. The lowest BCUT2D eigenvalue weighted by Crippen LogP contribution is -2.13. The van der Waals surface area contributed by atoms with E-state index in [0.29, 0.717) is 0 Å². The second-order valence-corrected chi connectivity index (χ2v) is 23.4. The molecule has 0 heteroatoms. The van der Waals surface area contributed by atoms with Crippen molar-refractivity contribution in [3.63, 3.8) is 0 Å². The normalized spacial score (nSPS) is 12.5. The lowest BCUT2D eigenvalue weighted by atomic mass is 9.71. The zero-order valence-corrected chi connectivity index (χ0v) is 47.1. The minimum Gasteiger partial charge on any atom is -0.0654 e. The average Bonchev–Trinajstić information content (AvgIpc) is 3.44. The molecule has 0 fully saturated rings. The molecule has 0 aliphatic heterocycles. The Labute approximate surface area is 466 Å². The predicted octanol–water partition coefficient (Wildman–Crippen LogP) is 23.5. The maximum atomic E-state index is 2.55. The summed E-state index contributed by atoms with van der Waals surface area (Å²) >= 11 is 0. The van der Waals surface area contributed by atoms with Crippen molar-refractivity contribution in [1.82, 2.24) is 0 Å². The van der Waals surface area contributed by atoms with Crippen LogP contribution in [-0.4, -0.2) is 0 Å². The molecule has 0 radical (unpaired) electrons. The van der Waals surface area contributed by atoms with Crippen molar-refractivity contribution in [3.05, 3.63) is 203 Å². The monoisotopic (exact) mass is 1020 g/mol. The second-order valence-electron chi connectivity index (χ2n) is 23.4. The van der Waals surface area contributed by atoms with Crippen LogP contribution in [0, 0.1) is 0 Å². The van der Waals surface area contributed by atoms with Crippen molar-refractivity contribution in [3.8, 4) is 22.3 Å². The fraction of sp³-hybridized carbons (Fsp3) is 0.333. The van der Waals surface area contributed by atoms with E-state index in [4.69, 9.17) is 0 Å². The van der Waals surface area contributed by atoms with Crippen molar-refractivity contribution in [2.45, 2.75) is 168 Å². The second kappa shape index (κ2) is 24.5. The fourth-order valence-electron chi connectivity index (χ4n) is 14.5. The van der Waals surface area contributed by atoms with Crippen molar-refractivity contribution in [1.29, 1.82) is 0 Å². The van der Waals surface area contributed by atoms with Crippen LogP contribution in [0.15, 0.2) is 170 Å². The molecule has 78 heavy (non-hydrogen) atoms. The van der Waals surface area contributed by atoms with Gasteiger partial charge in [0.25, 0.3) is 0 Å². The topological polar surface area (TPSA) is 0 Å². The lowest BCUT2D eigenvalue weighted by Gasteiger charge is -2.32. The summed E-state index contributed by atoms with van der Waals surface area (Å²) in [5.74, 6) is 0. The summed E-state index contributed by atoms with van der Waals surface area (Å²) in [4.78, 5) is 0. The first kappa shape index (κ1) is 52.0. The zero-order chi connectivity index (χ0) is 52.6. The summed E-state index contributed by atoms with van der Waals surface area (Å²) in [5.41, 5.74) is 14.6. The van der Waals surface area contributed by atoms with E-state index in [1.54, 1.807) is 0 Å². The average molecular weight is 1020 g/mol. The third kappa shape index (κ3) is 10.3. The Morgan fingerprint density at radius 2 is 0.500 bits per heavy atom. The first-order valence-corrected chi connectivity index (χ1v) is 31.1. The van der Waals surface area contributed by atoms with Crippen molar-refractivity contribution < 1.29 is 0 Å². The van der Waals surface area contributed by atoms with Gasteiger partial charge in [-0.1, -0.05) is 299 Å². The van der Waals surface area contributed by atoms with Gasteiger partial charge in [-0.05, 0) is 170 Å². The summed E-state index contributed by atoms with van der Waals surface area (Å²) in [6, 6.07) is 66.4. The molecule has 0 heterocycles. The first-order chi connectivity index (χ1) is 38.7. The molecule has 0 atom stereocenters. The largest absolute Gasteiger partial charge is 0.0654 e. The van der Waals surface area contributed by atoms with Crippen LogP contribution in [0.2, 0.25) is 0 Å². The summed E-state index contributed by atoms with van der Waals surface area (Å²) < 4.78 is 0. The van der Waals surface area contributed by atoms with E-state index in [2.05, 4.69) is 184 Å². The predicted molar refractivity (Wildman–Crippen MR) is 343 cm³/mol. The Hall–Kier alpha value is -6.76. The zero-order valence-electron chi connectivity index (χ0n) is 47.1. The molecule has 394 valence electrons. The minimum atomic E-state index is 0.874. The van der Waals surface area contributed by atoms with Gasteiger partial charge in [0.1, 0.15) is 0 Å². The number of rotatable bonds is 24. The van der Waals surface area contributed by atoms with E-state index >= 15 is 0 Å². The quantitative estimate of drug-likeness (QED) is 0.0418. The molecule has 0 aromatic heterocycles. The van der Waals surface area contributed by atoms with Gasteiger partial charge in [0.05, 0.1) is 0 Å². The Balaban J connectivity index is 1.05. The Morgan fingerprint density at radius 1 is 0.231 bits per heavy atom. The van der Waals surface area contributed by atoms with Crippen LogP contribution < -0.4 is 0 Å². The highest BCUT2D eigenvalue weighted by Gasteiger charge is 2.32. The van der Waals surface area contributed by atoms with Gasteiger partial charge in [0.15, 0.2) is 0 Å². The maximum Gasteiger partial charge on any atom is -0.000706 e. The molecule has 0 nitrogen and oxygen atoms in total. The smallest absolute Gasteiger partial charge is 0.000706 e. The summed E-state index contributed by atoms with van der Waals surface area (Å²) in [7, 11) is 0. The molecule has 0 saturated carbocycles. The third-order valence-electron chi connectivity index (χ3n) is 18.4. The van der Waals surface area contributed by atoms with Crippen LogP contribution in [-0.2, 0) is 25.7 Å². The van der Waals surface area contributed by atoms with Gasteiger partial charge < -0.3 is 0 Å². The molecule has 0 saturated heterocycles. The number of benzene rings is 11. The molecule has 0 spiro atoms. The van der Waals surface area contributed by atoms with Crippen LogP contribution in [0.25, 0.3) is 97.7 Å². The molecular weight excluding hydrogens is 937 g/mol. The standard InChI is InChI=1S/C78H82/c1-3-5-7-9-11-13-15-17-19-21-35-55-49-51-69(59-39-25-23-37-57(55)59)75-73-53-71-65-45-29-27-41-61(65)62-42-28-30-46-66(62)72(71)54-74(73)76(78-68-48-34-32-44-64(68)63-43-31-33-47-67(63)77(75)78)70-52-50-56(58-38-24-26-40-60(58)70)36-22-20-18-16-14-12-10-8-6-4-2/h23-34,37-52H,3-22,35-36,53-54H2,1-2H3. The van der Waals surface area contributed by atoms with Gasteiger partial charge in [-0.2, -0.15) is 0 Å². The van der Waals surface area contributed by atoms with E-state index in [0.717, 1.165) is 25.7 Å². The van der Waals surface area contributed by atoms with Gasteiger partial charge in [-0.15, -0.1) is 0 Å². The van der Waals surface area contributed by atoms with Crippen molar-refractivity contribution >= 4 is 75.4 Å². The van der Waals surface area contributed by atoms with E-state index in [-0.39, 0.29) is 0 Å². The number of hydrogen-bond acceptors (Lipinski definition) is 0. The van der Waals surface area contributed by atoms with Gasteiger partial charge in [0, 0.05) is 0 Å². The summed E-state index contributed by atoms with van der Waals surface area (Å²) in [5, 5.41) is 19.3. The molecule has 0 bridgehead atoms. The van der Waals surface area contributed by atoms with E-state index in [9.17, 15) is 0 Å². The highest BCUT2D eigenvalue weighted by Crippen LogP contribution is 2.54. The van der Waals surface area contributed by atoms with Gasteiger partial charge >= 0.3 is 0 Å². The molecule has 0 amide bonds. The number of aryl methyl sites for hydroxylation is 2. The van der Waals surface area contributed by atoms with E-state index in [1.807, 2.05) is 0 Å². The molecule has 0 unspecified atom stereocenters. The minimum absolute atomic E-state index is 0.874. The molecule has 11 aromatic carbocycles. The highest BCUT2D eigenvalue weighted by molar-refractivity contribution is 6.34. The van der Waals surface area contributed by atoms with Crippen molar-refractivity contribution in [2.24, 2.45) is 0 Å². The number of hydrogen-bond donors (Lipinski definition) is 0. The fourth-order valence-corrected chi connectivity index (χ4v) is 14.5. The van der Waals surface area contributed by atoms with Crippen LogP contribution in [0.4, 0.5) is 0 Å². The van der Waals surface area contributed by atoms with Crippen LogP contribution in [0.5, 0.6) is 0 Å². The van der Waals surface area contributed by atoms with Crippen LogP contribution in [0.3, 0.4) is 0 Å². The summed E-state index contributed by atoms with van der Waals surface area (Å²) in [6.07, 6.45) is 31.1. The van der Waals surface area contributed by atoms with E-state index < -0.39 is 0 Å². The van der Waals surface area contributed by atoms with Crippen LogP contribution >= 0.6 is 0 Å². The number of fused-ring (bicyclic) bond motifs is 15. The summed E-state index contributed by atoms with van der Waals surface area (Å²) in [6.45, 7) is 4.63. The van der Waals surface area contributed by atoms with E-state index in [1.165, 1.54) is 259 Å². The third-order valence-corrected chi connectivity index (χ3v) is 18.4. The number of unbranched alkanes of at least 4 members (excludes halogenated alkanes) is 18. The van der Waals surface area contributed by atoms with Gasteiger partial charge in [0.2, 0.25) is 0 Å². The highest BCUT2D eigenvalue weighted by atomic mass is 14.3. The van der Waals surface area contributed by atoms with Gasteiger partial charge in [-0.3, -0.25) is 0 Å². The molecule has 12 rings (SSSR count). The SMILES string of the molecule is CCCCCCCCCCCCc1ccc(-c2c3c(c(-c4ccc(CCCCCCCCCCCC)c5ccccc45)c4c5ccccc5c5ccccc5c24)Cc2c(c4ccccc4c4ccccc24)C3)c2ccccc12. The maximum absolute atomic E-state index is 2.55. The lowest BCUT2D eigenvalue weighted by molar-refractivity contribution is 0.556. The van der Waals surface area contributed by atoms with Crippen LogP contribution in [0.1, 0.15) is 176 Å². The molecular formula is C78H82. The molecule has 11 aromatic rings. The Morgan fingerprint density at radius 3 is 0.846 bits per heavy atom. The molecule has 0 N–H and O–H groups in total. The first-order valence-electron chi connectivity index (χ1n) is 31.1. The van der Waals surface area contributed by atoms with Gasteiger partial charge in [-0.25, -0.2) is 0 Å². The Bertz CT molecular complexity index is 3650. The Kier molecular flexibility index (Phi) is 16.3. The van der Waals surface area contributed by atoms with Crippen molar-refractivity contribution in [2.75, 3.05) is 0 Å². The molecule has 1 aliphatic rings.